The van der Waals surface area contributed by atoms with E-state index in [-0.39, 0.29) is 16.9 Å². The van der Waals surface area contributed by atoms with Gasteiger partial charge < -0.3 is 5.32 Å². The van der Waals surface area contributed by atoms with Gasteiger partial charge in [-0.05, 0) is 118 Å². The molecule has 2 aliphatic rings. The zero-order valence-corrected chi connectivity index (χ0v) is 32.8. The lowest BCUT2D eigenvalue weighted by Crippen LogP contribution is -2.29. The highest BCUT2D eigenvalue weighted by molar-refractivity contribution is 7.66. The Bertz CT molecular complexity index is 1900. The van der Waals surface area contributed by atoms with Crippen molar-refractivity contribution in [2.24, 2.45) is 5.41 Å². The Kier molecular flexibility index (Phi) is 9.30. The zero-order valence-electron chi connectivity index (χ0n) is 31.0. The number of hydrogen-bond donors (Lipinski definition) is 1. The fraction of sp³-hybridized carbons (Fsp3) is 0.465. The summed E-state index contributed by atoms with van der Waals surface area (Å²) >= 11 is 0. The Labute approximate surface area is 287 Å². The molecule has 3 aromatic carbocycles. The molecular weight excluding hydrogens is 606 g/mol. The van der Waals surface area contributed by atoms with E-state index >= 15 is 0 Å². The molecule has 1 aromatic heterocycles. The molecule has 1 N–H and O–H groups in total. The average Bonchev–Trinajstić information content (AvgIpc) is 2.96. The molecule has 1 aliphatic carbocycles. The van der Waals surface area contributed by atoms with Crippen molar-refractivity contribution in [2.75, 3.05) is 5.32 Å². The molecule has 0 saturated carbocycles. The number of pyridine rings is 1. The standard InChI is InChI=1S/C43H56N2P2/c1-26(2)46-24-32-19-28(5)17-30-21-31-18-29(6)20-33(41(31)45-40(30)32)25-47(27(3)4)39-23-35(43(10,11)12)14-16-37(39)44-36-15-13-34(22-38(36)46)42(7,8)9/h13-15,17-23,26-27,37,44H,16,24-25H2,1-12H3. The van der Waals surface area contributed by atoms with E-state index in [2.05, 4.69) is 149 Å². The van der Waals surface area contributed by atoms with Gasteiger partial charge in [-0.15, -0.1) is 0 Å². The summed E-state index contributed by atoms with van der Waals surface area (Å²) in [5, 5.41) is 9.95. The zero-order chi connectivity index (χ0) is 34.0. The summed E-state index contributed by atoms with van der Waals surface area (Å²) in [7, 11) is -1.00. The van der Waals surface area contributed by atoms with Gasteiger partial charge in [-0.3, -0.25) is 0 Å². The van der Waals surface area contributed by atoms with Crippen molar-refractivity contribution in [3.8, 4) is 0 Å². The monoisotopic (exact) mass is 662 g/mol. The second-order valence-corrected chi connectivity index (χ2v) is 22.4. The van der Waals surface area contributed by atoms with E-state index in [0.29, 0.717) is 11.3 Å². The van der Waals surface area contributed by atoms with Gasteiger partial charge in [0.25, 0.3) is 0 Å². The van der Waals surface area contributed by atoms with Gasteiger partial charge in [0.15, 0.2) is 0 Å². The van der Waals surface area contributed by atoms with E-state index in [4.69, 9.17) is 4.98 Å². The number of hydrogen-bond acceptors (Lipinski definition) is 2. The van der Waals surface area contributed by atoms with E-state index in [1.165, 1.54) is 66.2 Å². The lowest BCUT2D eigenvalue weighted by Gasteiger charge is -2.37. The van der Waals surface area contributed by atoms with Crippen LogP contribution < -0.4 is 10.6 Å². The van der Waals surface area contributed by atoms with Crippen LogP contribution in [0.5, 0.6) is 0 Å². The molecule has 0 fully saturated rings. The van der Waals surface area contributed by atoms with Crippen molar-refractivity contribution in [3.05, 3.63) is 99.4 Å². The van der Waals surface area contributed by atoms with Crippen molar-refractivity contribution in [3.63, 3.8) is 0 Å². The SMILES string of the molecule is Cc1cc2c3nc4c(cc(C)cc4cc3c1)CP(C(C)C)c1cc(C(C)(C)C)ccc1NC1CC=C(C(C)(C)C)C=C1P(C(C)C)C2. The van der Waals surface area contributed by atoms with Gasteiger partial charge >= 0.3 is 0 Å². The van der Waals surface area contributed by atoms with Crippen LogP contribution in [0, 0.1) is 19.3 Å². The van der Waals surface area contributed by atoms with Gasteiger partial charge in [-0.25, -0.2) is 4.98 Å². The van der Waals surface area contributed by atoms with Gasteiger partial charge in [0, 0.05) is 16.5 Å². The molecule has 0 amide bonds. The van der Waals surface area contributed by atoms with Crippen LogP contribution in [0.15, 0.2) is 71.6 Å². The number of benzene rings is 3. The molecule has 0 saturated heterocycles. The first-order chi connectivity index (χ1) is 22.0. The summed E-state index contributed by atoms with van der Waals surface area (Å²) in [6.07, 6.45) is 8.24. The van der Waals surface area contributed by atoms with Crippen molar-refractivity contribution >= 4 is 48.6 Å². The van der Waals surface area contributed by atoms with Gasteiger partial charge in [0.05, 0.1) is 17.1 Å². The van der Waals surface area contributed by atoms with Crippen LogP contribution in [0.25, 0.3) is 21.8 Å². The highest BCUT2D eigenvalue weighted by Gasteiger charge is 2.32. The number of rotatable bonds is 2. The van der Waals surface area contributed by atoms with Crippen molar-refractivity contribution < 1.29 is 0 Å². The summed E-state index contributed by atoms with van der Waals surface area (Å²) in [5.74, 6) is 0. The Morgan fingerprint density at radius 1 is 0.723 bits per heavy atom. The van der Waals surface area contributed by atoms with Gasteiger partial charge in [-0.2, -0.15) is 0 Å². The molecule has 2 bridgehead atoms. The molecule has 2 heterocycles. The van der Waals surface area contributed by atoms with E-state index in [9.17, 15) is 0 Å². The van der Waals surface area contributed by atoms with E-state index in [1.54, 1.807) is 5.31 Å². The molecule has 6 rings (SSSR count). The van der Waals surface area contributed by atoms with Crippen LogP contribution in [0.1, 0.15) is 103 Å². The van der Waals surface area contributed by atoms with Gasteiger partial charge in [-0.1, -0.05) is 127 Å². The summed E-state index contributed by atoms with van der Waals surface area (Å²) in [4.78, 5) is 5.64. The molecule has 248 valence electrons. The van der Waals surface area contributed by atoms with Crippen molar-refractivity contribution in [1.82, 2.24) is 4.98 Å². The third kappa shape index (κ3) is 6.98. The third-order valence-corrected chi connectivity index (χ3v) is 16.1. The van der Waals surface area contributed by atoms with Gasteiger partial charge in [0.2, 0.25) is 0 Å². The van der Waals surface area contributed by atoms with Crippen LogP contribution >= 0.6 is 15.8 Å². The van der Waals surface area contributed by atoms with Crippen LogP contribution in [0.2, 0.25) is 0 Å². The fourth-order valence-electron chi connectivity index (χ4n) is 7.43. The Balaban J connectivity index is 1.68. The minimum Gasteiger partial charge on any atom is -0.377 e. The number of fused-ring (bicyclic) bond motifs is 2. The first-order valence-corrected chi connectivity index (χ1v) is 20.9. The minimum atomic E-state index is -0.523. The van der Waals surface area contributed by atoms with E-state index in [0.717, 1.165) is 18.7 Å². The Morgan fingerprint density at radius 3 is 1.83 bits per heavy atom. The minimum absolute atomic E-state index is 0.0867. The fourth-order valence-corrected chi connectivity index (χ4v) is 12.5. The van der Waals surface area contributed by atoms with Crippen LogP contribution in [-0.4, -0.2) is 22.3 Å². The van der Waals surface area contributed by atoms with Crippen molar-refractivity contribution in [1.29, 1.82) is 0 Å². The van der Waals surface area contributed by atoms with E-state index in [1.807, 2.05) is 0 Å². The summed E-state index contributed by atoms with van der Waals surface area (Å²) in [6, 6.07) is 19.7. The molecule has 0 spiro atoms. The number of aromatic nitrogens is 1. The lowest BCUT2D eigenvalue weighted by molar-refractivity contribution is 0.510. The predicted octanol–water partition coefficient (Wildman–Crippen LogP) is 12.5. The first kappa shape index (κ1) is 34.3. The third-order valence-electron chi connectivity index (χ3n) is 10.1. The first-order valence-electron chi connectivity index (χ1n) is 17.7. The normalized spacial score (nSPS) is 20.7. The Hall–Kier alpha value is -2.53. The number of nitrogens with zero attached hydrogens (tertiary/aromatic N) is 1. The molecular formula is C43H56N2P2. The highest BCUT2D eigenvalue weighted by atomic mass is 31.1. The smallest absolute Gasteiger partial charge is 0.0745 e. The second kappa shape index (κ2) is 12.7. The van der Waals surface area contributed by atoms with Crippen LogP contribution in [0.3, 0.4) is 0 Å². The quantitative estimate of drug-likeness (QED) is 0.171. The average molecular weight is 663 g/mol. The molecule has 0 radical (unpaired) electrons. The molecule has 3 unspecified atom stereocenters. The summed E-state index contributed by atoms with van der Waals surface area (Å²) < 4.78 is 0. The maximum absolute atomic E-state index is 5.64. The Morgan fingerprint density at radius 2 is 1.30 bits per heavy atom. The number of aryl methyl sites for hydroxylation is 2. The topological polar surface area (TPSA) is 24.9 Å². The molecule has 3 atom stereocenters. The van der Waals surface area contributed by atoms with Crippen LogP contribution in [0.4, 0.5) is 5.69 Å². The molecule has 1 aliphatic heterocycles. The molecule has 4 heteroatoms. The molecule has 47 heavy (non-hydrogen) atoms. The van der Waals surface area contributed by atoms with E-state index < -0.39 is 15.8 Å². The van der Waals surface area contributed by atoms with Gasteiger partial charge in [0.1, 0.15) is 0 Å². The summed E-state index contributed by atoms with van der Waals surface area (Å²) in [6.45, 7) is 28.4. The number of allylic oxidation sites excluding steroid dienone is 2. The maximum atomic E-state index is 5.64. The molecule has 2 nitrogen and oxygen atoms in total. The lowest BCUT2D eigenvalue weighted by atomic mass is 9.82. The maximum Gasteiger partial charge on any atom is 0.0745 e. The second-order valence-electron chi connectivity index (χ2n) is 16.8. The summed E-state index contributed by atoms with van der Waals surface area (Å²) in [5.41, 5.74) is 13.4. The highest BCUT2D eigenvalue weighted by Crippen LogP contribution is 2.57. The largest absolute Gasteiger partial charge is 0.377 e. The number of anilines is 1. The number of nitrogens with one attached hydrogen (secondary N) is 1. The molecule has 4 aromatic rings. The van der Waals surface area contributed by atoms with Crippen molar-refractivity contribution in [2.45, 2.75) is 125 Å². The van der Waals surface area contributed by atoms with Crippen LogP contribution in [-0.2, 0) is 17.7 Å². The predicted molar refractivity (Wildman–Crippen MR) is 213 cm³/mol.